The van der Waals surface area contributed by atoms with E-state index in [2.05, 4.69) is 10.1 Å². The number of hydrogen-bond acceptors (Lipinski definition) is 4. The molecule has 0 amide bonds. The molecule has 1 heterocycles. The SMILES string of the molecule is COC(=O)[C@@H](C)C[C@H]1CNCCO1. The molecule has 0 bridgehead atoms. The zero-order valence-electron chi connectivity index (χ0n) is 8.21. The van der Waals surface area contributed by atoms with Crippen molar-refractivity contribution in [2.75, 3.05) is 26.8 Å². The van der Waals surface area contributed by atoms with Crippen molar-refractivity contribution in [3.05, 3.63) is 0 Å². The van der Waals surface area contributed by atoms with Gasteiger partial charge in [0.05, 0.1) is 25.7 Å². The second-order valence-electron chi connectivity index (χ2n) is 3.36. The van der Waals surface area contributed by atoms with E-state index in [0.717, 1.165) is 26.1 Å². The molecule has 2 atom stereocenters. The van der Waals surface area contributed by atoms with Gasteiger partial charge in [0.2, 0.25) is 0 Å². The van der Waals surface area contributed by atoms with Gasteiger partial charge >= 0.3 is 5.97 Å². The Hall–Kier alpha value is -0.610. The highest BCUT2D eigenvalue weighted by Gasteiger charge is 2.21. The summed E-state index contributed by atoms with van der Waals surface area (Å²) >= 11 is 0. The van der Waals surface area contributed by atoms with Crippen LogP contribution in [0.15, 0.2) is 0 Å². The molecule has 1 rings (SSSR count). The maximum absolute atomic E-state index is 11.1. The average Bonchev–Trinajstić information content (AvgIpc) is 2.18. The molecular weight excluding hydrogens is 170 g/mol. The number of methoxy groups -OCH3 is 1. The summed E-state index contributed by atoms with van der Waals surface area (Å²) in [5, 5.41) is 3.22. The molecule has 4 heteroatoms. The largest absolute Gasteiger partial charge is 0.469 e. The van der Waals surface area contributed by atoms with Crippen molar-refractivity contribution in [1.29, 1.82) is 0 Å². The molecule has 0 spiro atoms. The first kappa shape index (κ1) is 10.5. The van der Waals surface area contributed by atoms with Crippen LogP contribution in [0.2, 0.25) is 0 Å². The predicted molar refractivity (Wildman–Crippen MR) is 48.4 cm³/mol. The van der Waals surface area contributed by atoms with Crippen LogP contribution >= 0.6 is 0 Å². The van der Waals surface area contributed by atoms with E-state index in [9.17, 15) is 4.79 Å². The standard InChI is InChI=1S/C9H17NO3/c1-7(9(11)12-2)5-8-6-10-3-4-13-8/h7-8,10H,3-6H2,1-2H3/t7-,8-/m0/s1. The van der Waals surface area contributed by atoms with Gasteiger partial charge in [-0.25, -0.2) is 0 Å². The molecule has 1 aliphatic rings. The van der Waals surface area contributed by atoms with Gasteiger partial charge in [0.1, 0.15) is 0 Å². The van der Waals surface area contributed by atoms with Gasteiger partial charge in [-0.3, -0.25) is 4.79 Å². The lowest BCUT2D eigenvalue weighted by molar-refractivity contribution is -0.146. The molecule has 0 aromatic rings. The molecule has 0 saturated carbocycles. The Morgan fingerprint density at radius 3 is 3.08 bits per heavy atom. The zero-order valence-corrected chi connectivity index (χ0v) is 8.21. The molecule has 1 N–H and O–H groups in total. The van der Waals surface area contributed by atoms with Crippen LogP contribution in [-0.4, -0.2) is 38.9 Å². The van der Waals surface area contributed by atoms with Crippen LogP contribution in [0.1, 0.15) is 13.3 Å². The fourth-order valence-electron chi connectivity index (χ4n) is 1.46. The van der Waals surface area contributed by atoms with Gasteiger partial charge in [0, 0.05) is 13.1 Å². The number of carbonyl (C=O) groups excluding carboxylic acids is 1. The van der Waals surface area contributed by atoms with Gasteiger partial charge in [0.15, 0.2) is 0 Å². The summed E-state index contributed by atoms with van der Waals surface area (Å²) in [5.74, 6) is -0.232. The topological polar surface area (TPSA) is 47.6 Å². The molecule has 13 heavy (non-hydrogen) atoms. The number of ether oxygens (including phenoxy) is 2. The third kappa shape index (κ3) is 3.32. The van der Waals surface area contributed by atoms with Crippen molar-refractivity contribution in [2.24, 2.45) is 5.92 Å². The molecule has 0 unspecified atom stereocenters. The van der Waals surface area contributed by atoms with Crippen molar-refractivity contribution in [2.45, 2.75) is 19.4 Å². The van der Waals surface area contributed by atoms with Crippen molar-refractivity contribution in [1.82, 2.24) is 5.32 Å². The summed E-state index contributed by atoms with van der Waals surface area (Å²) in [4.78, 5) is 11.1. The summed E-state index contributed by atoms with van der Waals surface area (Å²) in [7, 11) is 1.42. The van der Waals surface area contributed by atoms with Gasteiger partial charge < -0.3 is 14.8 Å². The Morgan fingerprint density at radius 1 is 1.77 bits per heavy atom. The maximum Gasteiger partial charge on any atom is 0.308 e. The quantitative estimate of drug-likeness (QED) is 0.640. The summed E-state index contributed by atoms with van der Waals surface area (Å²) < 4.78 is 10.1. The fourth-order valence-corrected chi connectivity index (χ4v) is 1.46. The summed E-state index contributed by atoms with van der Waals surface area (Å²) in [6, 6.07) is 0. The van der Waals surface area contributed by atoms with Gasteiger partial charge in [0.25, 0.3) is 0 Å². The van der Waals surface area contributed by atoms with E-state index in [1.807, 2.05) is 6.92 Å². The van der Waals surface area contributed by atoms with E-state index in [1.54, 1.807) is 0 Å². The number of rotatable bonds is 3. The minimum atomic E-state index is -0.158. The van der Waals surface area contributed by atoms with Crippen LogP contribution in [0, 0.1) is 5.92 Å². The van der Waals surface area contributed by atoms with Crippen LogP contribution in [-0.2, 0) is 14.3 Å². The minimum absolute atomic E-state index is 0.0742. The molecule has 1 aliphatic heterocycles. The summed E-state index contributed by atoms with van der Waals surface area (Å²) in [6.07, 6.45) is 0.891. The molecule has 0 radical (unpaired) electrons. The zero-order chi connectivity index (χ0) is 9.68. The highest BCUT2D eigenvalue weighted by Crippen LogP contribution is 2.11. The van der Waals surface area contributed by atoms with Gasteiger partial charge in [-0.05, 0) is 6.42 Å². The molecule has 4 nitrogen and oxygen atoms in total. The average molecular weight is 187 g/mol. The third-order valence-corrected chi connectivity index (χ3v) is 2.22. The van der Waals surface area contributed by atoms with E-state index in [0.29, 0.717) is 0 Å². The van der Waals surface area contributed by atoms with E-state index < -0.39 is 0 Å². The van der Waals surface area contributed by atoms with Crippen LogP contribution in [0.3, 0.4) is 0 Å². The Kier molecular flexibility index (Phi) is 4.18. The lowest BCUT2D eigenvalue weighted by Crippen LogP contribution is -2.40. The van der Waals surface area contributed by atoms with Crippen molar-refractivity contribution < 1.29 is 14.3 Å². The van der Waals surface area contributed by atoms with E-state index in [1.165, 1.54) is 7.11 Å². The lowest BCUT2D eigenvalue weighted by atomic mass is 10.0. The molecule has 1 fully saturated rings. The molecule has 0 aliphatic carbocycles. The first-order valence-electron chi connectivity index (χ1n) is 4.64. The van der Waals surface area contributed by atoms with Crippen LogP contribution in [0.5, 0.6) is 0 Å². The van der Waals surface area contributed by atoms with Crippen molar-refractivity contribution in [3.63, 3.8) is 0 Å². The Morgan fingerprint density at radius 2 is 2.54 bits per heavy atom. The van der Waals surface area contributed by atoms with Crippen molar-refractivity contribution in [3.8, 4) is 0 Å². The van der Waals surface area contributed by atoms with E-state index in [-0.39, 0.29) is 18.0 Å². The van der Waals surface area contributed by atoms with Crippen LogP contribution < -0.4 is 5.32 Å². The normalized spacial score (nSPS) is 25.2. The highest BCUT2D eigenvalue weighted by atomic mass is 16.5. The number of carbonyl (C=O) groups is 1. The Bertz CT molecular complexity index is 166. The fraction of sp³-hybridized carbons (Fsp3) is 0.889. The van der Waals surface area contributed by atoms with Gasteiger partial charge in [-0.1, -0.05) is 6.92 Å². The molecule has 0 aromatic heterocycles. The maximum atomic E-state index is 11.1. The first-order chi connectivity index (χ1) is 6.24. The minimum Gasteiger partial charge on any atom is -0.469 e. The predicted octanol–water partition coefficient (Wildman–Crippen LogP) is 0.174. The van der Waals surface area contributed by atoms with E-state index >= 15 is 0 Å². The number of esters is 1. The monoisotopic (exact) mass is 187 g/mol. The van der Waals surface area contributed by atoms with Gasteiger partial charge in [-0.2, -0.15) is 0 Å². The lowest BCUT2D eigenvalue weighted by Gasteiger charge is -2.25. The summed E-state index contributed by atoms with van der Waals surface area (Å²) in [6.45, 7) is 4.34. The van der Waals surface area contributed by atoms with Crippen LogP contribution in [0.25, 0.3) is 0 Å². The summed E-state index contributed by atoms with van der Waals surface area (Å²) in [5.41, 5.74) is 0. The molecule has 1 saturated heterocycles. The highest BCUT2D eigenvalue weighted by molar-refractivity contribution is 5.71. The third-order valence-electron chi connectivity index (χ3n) is 2.22. The number of hydrogen-bond donors (Lipinski definition) is 1. The second kappa shape index (κ2) is 5.19. The smallest absolute Gasteiger partial charge is 0.308 e. The van der Waals surface area contributed by atoms with Crippen LogP contribution in [0.4, 0.5) is 0 Å². The molecule has 76 valence electrons. The Labute approximate surface area is 78.6 Å². The molecule has 0 aromatic carbocycles. The number of morpholine rings is 1. The van der Waals surface area contributed by atoms with Crippen molar-refractivity contribution >= 4 is 5.97 Å². The second-order valence-corrected chi connectivity index (χ2v) is 3.36. The number of nitrogens with one attached hydrogen (secondary N) is 1. The van der Waals surface area contributed by atoms with E-state index in [4.69, 9.17) is 4.74 Å². The Balaban J connectivity index is 2.25. The molecular formula is C9H17NO3. The van der Waals surface area contributed by atoms with Gasteiger partial charge in [-0.15, -0.1) is 0 Å². The first-order valence-corrected chi connectivity index (χ1v) is 4.64.